The van der Waals surface area contributed by atoms with Gasteiger partial charge in [0.05, 0.1) is 0 Å². The van der Waals surface area contributed by atoms with Crippen LogP contribution in [0.15, 0.2) is 42.5 Å². The first kappa shape index (κ1) is 19.4. The Bertz CT molecular complexity index is 791. The molecule has 0 fully saturated rings. The van der Waals surface area contributed by atoms with Crippen LogP contribution in [0.5, 0.6) is 5.75 Å². The summed E-state index contributed by atoms with van der Waals surface area (Å²) in [4.78, 5) is 25.0. The highest BCUT2D eigenvalue weighted by molar-refractivity contribution is 5.80. The summed E-state index contributed by atoms with van der Waals surface area (Å²) in [7, 11) is 1.52. The van der Waals surface area contributed by atoms with Gasteiger partial charge in [-0.1, -0.05) is 24.3 Å². The zero-order chi connectivity index (χ0) is 19.1. The van der Waals surface area contributed by atoms with Crippen molar-refractivity contribution in [1.82, 2.24) is 4.90 Å². The molecule has 0 saturated heterocycles. The van der Waals surface area contributed by atoms with Crippen LogP contribution in [0.3, 0.4) is 0 Å². The average Bonchev–Trinajstić information content (AvgIpc) is 2.62. The van der Waals surface area contributed by atoms with Crippen molar-refractivity contribution < 1.29 is 23.5 Å². The van der Waals surface area contributed by atoms with Gasteiger partial charge in [-0.2, -0.15) is 0 Å². The maximum atomic E-state index is 13.6. The van der Waals surface area contributed by atoms with Crippen LogP contribution < -0.4 is 4.74 Å². The van der Waals surface area contributed by atoms with E-state index in [2.05, 4.69) is 0 Å². The maximum Gasteiger partial charge on any atom is 0.344 e. The number of hydrogen-bond acceptors (Lipinski definition) is 4. The third kappa shape index (κ3) is 5.58. The number of carbonyl (C=O) groups is 2. The summed E-state index contributed by atoms with van der Waals surface area (Å²) in [6.07, 6.45) is 0. The van der Waals surface area contributed by atoms with Gasteiger partial charge >= 0.3 is 5.97 Å². The van der Waals surface area contributed by atoms with Gasteiger partial charge < -0.3 is 14.4 Å². The molecular formula is C20H22FNO4. The first-order chi connectivity index (χ1) is 12.4. The summed E-state index contributed by atoms with van der Waals surface area (Å²) in [5, 5.41) is 0. The van der Waals surface area contributed by atoms with E-state index in [4.69, 9.17) is 9.47 Å². The third-order valence-corrected chi connectivity index (χ3v) is 3.98. The standard InChI is InChI=1S/C20H22FNO4/c1-14-8-9-17(10-15(14)2)25-13-20(24)26-12-19(23)22(3)11-16-6-4-5-7-18(16)21/h4-10H,11-13H2,1-3H3. The van der Waals surface area contributed by atoms with Crippen molar-refractivity contribution in [3.63, 3.8) is 0 Å². The van der Waals surface area contributed by atoms with Crippen molar-refractivity contribution in [3.05, 3.63) is 65.0 Å². The van der Waals surface area contributed by atoms with Crippen molar-refractivity contribution >= 4 is 11.9 Å². The van der Waals surface area contributed by atoms with Gasteiger partial charge in [-0.25, -0.2) is 9.18 Å². The highest BCUT2D eigenvalue weighted by atomic mass is 19.1. The molecular weight excluding hydrogens is 337 g/mol. The molecule has 138 valence electrons. The molecule has 0 saturated carbocycles. The van der Waals surface area contributed by atoms with Crippen molar-refractivity contribution in [2.75, 3.05) is 20.3 Å². The van der Waals surface area contributed by atoms with Gasteiger partial charge in [0.25, 0.3) is 5.91 Å². The van der Waals surface area contributed by atoms with Gasteiger partial charge in [0, 0.05) is 19.2 Å². The van der Waals surface area contributed by atoms with Crippen LogP contribution in [-0.4, -0.2) is 37.0 Å². The summed E-state index contributed by atoms with van der Waals surface area (Å²) in [6, 6.07) is 11.7. The summed E-state index contributed by atoms with van der Waals surface area (Å²) < 4.78 is 23.9. The van der Waals surface area contributed by atoms with E-state index in [0.717, 1.165) is 11.1 Å². The van der Waals surface area contributed by atoms with Crippen LogP contribution in [0, 0.1) is 19.7 Å². The predicted molar refractivity (Wildman–Crippen MR) is 95.2 cm³/mol. The molecule has 1 amide bonds. The number of likely N-dealkylation sites (N-methyl/N-ethyl adjacent to an activating group) is 1. The molecule has 0 aromatic heterocycles. The van der Waals surface area contributed by atoms with E-state index in [0.29, 0.717) is 11.3 Å². The Morgan fingerprint density at radius 3 is 2.46 bits per heavy atom. The molecule has 0 bridgehead atoms. The number of amides is 1. The van der Waals surface area contributed by atoms with E-state index in [1.165, 1.54) is 18.0 Å². The Kier molecular flexibility index (Phi) is 6.72. The van der Waals surface area contributed by atoms with Gasteiger partial charge in [0.1, 0.15) is 11.6 Å². The van der Waals surface area contributed by atoms with Crippen LogP contribution in [-0.2, 0) is 20.9 Å². The summed E-state index contributed by atoms with van der Waals surface area (Å²) in [6.45, 7) is 3.33. The molecule has 0 N–H and O–H groups in total. The smallest absolute Gasteiger partial charge is 0.344 e. The minimum absolute atomic E-state index is 0.0994. The first-order valence-corrected chi connectivity index (χ1v) is 8.20. The molecule has 0 radical (unpaired) electrons. The third-order valence-electron chi connectivity index (χ3n) is 3.98. The lowest BCUT2D eigenvalue weighted by Gasteiger charge is -2.17. The quantitative estimate of drug-likeness (QED) is 0.713. The first-order valence-electron chi connectivity index (χ1n) is 8.20. The lowest BCUT2D eigenvalue weighted by Crippen LogP contribution is -2.31. The van der Waals surface area contributed by atoms with Crippen LogP contribution in [0.1, 0.15) is 16.7 Å². The van der Waals surface area contributed by atoms with E-state index in [1.54, 1.807) is 24.3 Å². The summed E-state index contributed by atoms with van der Waals surface area (Å²) in [5.74, 6) is -0.886. The van der Waals surface area contributed by atoms with Gasteiger partial charge in [0.15, 0.2) is 13.2 Å². The highest BCUT2D eigenvalue weighted by Crippen LogP contribution is 2.16. The zero-order valence-corrected chi connectivity index (χ0v) is 15.1. The molecule has 6 heteroatoms. The molecule has 2 aromatic rings. The number of ether oxygens (including phenoxy) is 2. The number of hydrogen-bond donors (Lipinski definition) is 0. The van der Waals surface area contributed by atoms with E-state index >= 15 is 0 Å². The number of aryl methyl sites for hydroxylation is 2. The van der Waals surface area contributed by atoms with Crippen molar-refractivity contribution in [1.29, 1.82) is 0 Å². The molecule has 0 aliphatic rings. The Hall–Kier alpha value is -2.89. The molecule has 0 spiro atoms. The lowest BCUT2D eigenvalue weighted by atomic mass is 10.1. The number of nitrogens with zero attached hydrogens (tertiary/aromatic N) is 1. The van der Waals surface area contributed by atoms with Gasteiger partial charge in [0.2, 0.25) is 0 Å². The van der Waals surface area contributed by atoms with Crippen molar-refractivity contribution in [2.24, 2.45) is 0 Å². The lowest BCUT2D eigenvalue weighted by molar-refractivity contribution is -0.153. The van der Waals surface area contributed by atoms with E-state index in [1.807, 2.05) is 26.0 Å². The summed E-state index contributed by atoms with van der Waals surface area (Å²) >= 11 is 0. The number of carbonyl (C=O) groups excluding carboxylic acids is 2. The number of esters is 1. The number of benzene rings is 2. The van der Waals surface area contributed by atoms with Crippen LogP contribution in [0.2, 0.25) is 0 Å². The second-order valence-corrected chi connectivity index (χ2v) is 6.04. The molecule has 0 aliphatic carbocycles. The molecule has 0 aliphatic heterocycles. The van der Waals surface area contributed by atoms with Crippen molar-refractivity contribution in [2.45, 2.75) is 20.4 Å². The Balaban J connectivity index is 1.76. The molecule has 26 heavy (non-hydrogen) atoms. The van der Waals surface area contributed by atoms with Gasteiger partial charge in [-0.3, -0.25) is 4.79 Å². The maximum absolute atomic E-state index is 13.6. The van der Waals surface area contributed by atoms with Gasteiger partial charge in [-0.05, 0) is 43.2 Å². The van der Waals surface area contributed by atoms with Crippen LogP contribution >= 0.6 is 0 Å². The predicted octanol–water partition coefficient (Wildman–Crippen LogP) is 3.02. The fourth-order valence-electron chi connectivity index (χ4n) is 2.21. The minimum atomic E-state index is -0.643. The van der Waals surface area contributed by atoms with Crippen LogP contribution in [0.4, 0.5) is 4.39 Å². The zero-order valence-electron chi connectivity index (χ0n) is 15.1. The molecule has 0 atom stereocenters. The van der Waals surface area contributed by atoms with Gasteiger partial charge in [-0.15, -0.1) is 0 Å². The molecule has 2 aromatic carbocycles. The Labute approximate surface area is 152 Å². The molecule has 2 rings (SSSR count). The largest absolute Gasteiger partial charge is 0.482 e. The topological polar surface area (TPSA) is 55.8 Å². The number of halogens is 1. The Morgan fingerprint density at radius 1 is 1.04 bits per heavy atom. The average molecular weight is 359 g/mol. The van der Waals surface area contributed by atoms with E-state index in [-0.39, 0.29) is 19.0 Å². The SMILES string of the molecule is Cc1ccc(OCC(=O)OCC(=O)N(C)Cc2ccccc2F)cc1C. The highest BCUT2D eigenvalue weighted by Gasteiger charge is 2.14. The minimum Gasteiger partial charge on any atom is -0.482 e. The fourth-order valence-corrected chi connectivity index (χ4v) is 2.21. The second kappa shape index (κ2) is 8.99. The normalized spacial score (nSPS) is 10.3. The van der Waals surface area contributed by atoms with E-state index < -0.39 is 18.5 Å². The molecule has 0 heterocycles. The monoisotopic (exact) mass is 359 g/mol. The van der Waals surface area contributed by atoms with Crippen LogP contribution in [0.25, 0.3) is 0 Å². The molecule has 0 unspecified atom stereocenters. The van der Waals surface area contributed by atoms with E-state index in [9.17, 15) is 14.0 Å². The molecule has 5 nitrogen and oxygen atoms in total. The summed E-state index contributed by atoms with van der Waals surface area (Å²) in [5.41, 5.74) is 2.58. The fraction of sp³-hybridized carbons (Fsp3) is 0.300. The van der Waals surface area contributed by atoms with Crippen molar-refractivity contribution in [3.8, 4) is 5.75 Å². The Morgan fingerprint density at radius 2 is 1.77 bits per heavy atom. The number of rotatable bonds is 7. The second-order valence-electron chi connectivity index (χ2n) is 6.04.